The number of carbonyl (C=O) groups is 1. The van der Waals surface area contributed by atoms with Gasteiger partial charge in [0.15, 0.2) is 0 Å². The lowest BCUT2D eigenvalue weighted by atomic mass is 10.1. The van der Waals surface area contributed by atoms with E-state index in [1.54, 1.807) is 13.0 Å². The Labute approximate surface area is 128 Å². The summed E-state index contributed by atoms with van der Waals surface area (Å²) in [5.41, 5.74) is 0.789. The van der Waals surface area contributed by atoms with Crippen molar-refractivity contribution in [2.45, 2.75) is 32.7 Å². The maximum absolute atomic E-state index is 11.4. The van der Waals surface area contributed by atoms with Crippen molar-refractivity contribution in [1.82, 2.24) is 9.97 Å². The molecule has 2 aromatic rings. The highest BCUT2D eigenvalue weighted by molar-refractivity contribution is 6.31. The van der Waals surface area contributed by atoms with Crippen molar-refractivity contribution in [2.24, 2.45) is 0 Å². The van der Waals surface area contributed by atoms with Gasteiger partial charge in [0.25, 0.3) is 0 Å². The summed E-state index contributed by atoms with van der Waals surface area (Å²) in [5.74, 6) is 0.568. The van der Waals surface area contributed by atoms with Gasteiger partial charge in [0.05, 0.1) is 12.1 Å². The molecule has 5 nitrogen and oxygen atoms in total. The lowest BCUT2D eigenvalue weighted by Crippen LogP contribution is -2.18. The molecule has 6 heteroatoms. The molecule has 1 aromatic carbocycles. The van der Waals surface area contributed by atoms with Gasteiger partial charge in [0.2, 0.25) is 0 Å². The quantitative estimate of drug-likeness (QED) is 0.828. The van der Waals surface area contributed by atoms with E-state index in [-0.39, 0.29) is 12.0 Å². The first-order valence-electron chi connectivity index (χ1n) is 6.92. The van der Waals surface area contributed by atoms with E-state index in [1.165, 1.54) is 6.33 Å². The molecule has 0 fully saturated rings. The van der Waals surface area contributed by atoms with Crippen LogP contribution in [-0.4, -0.2) is 28.6 Å². The largest absolute Gasteiger partial charge is 0.466 e. The number of hydrogen-bond donors (Lipinski definition) is 1. The van der Waals surface area contributed by atoms with E-state index in [2.05, 4.69) is 15.3 Å². The van der Waals surface area contributed by atoms with Crippen molar-refractivity contribution in [3.63, 3.8) is 0 Å². The minimum Gasteiger partial charge on any atom is -0.466 e. The fraction of sp³-hybridized carbons (Fsp3) is 0.400. The van der Waals surface area contributed by atoms with Crippen molar-refractivity contribution in [3.05, 3.63) is 29.5 Å². The van der Waals surface area contributed by atoms with Gasteiger partial charge in [-0.25, -0.2) is 9.97 Å². The molecule has 0 aliphatic carbocycles. The maximum atomic E-state index is 11.4. The summed E-state index contributed by atoms with van der Waals surface area (Å²) in [6, 6.07) is 5.59. The molecule has 1 atom stereocenters. The molecule has 0 saturated heterocycles. The highest BCUT2D eigenvalue weighted by Crippen LogP contribution is 2.23. The highest BCUT2D eigenvalue weighted by atomic mass is 35.5. The van der Waals surface area contributed by atoms with E-state index < -0.39 is 0 Å². The number of hydrogen-bond acceptors (Lipinski definition) is 5. The summed E-state index contributed by atoms with van der Waals surface area (Å²) in [4.78, 5) is 19.8. The van der Waals surface area contributed by atoms with E-state index >= 15 is 0 Å². The number of rotatable bonds is 6. The molecule has 1 heterocycles. The second-order valence-electron chi connectivity index (χ2n) is 4.77. The zero-order chi connectivity index (χ0) is 15.2. The number of anilines is 1. The Morgan fingerprint density at radius 2 is 2.24 bits per heavy atom. The van der Waals surface area contributed by atoms with Gasteiger partial charge in [-0.15, -0.1) is 0 Å². The van der Waals surface area contributed by atoms with Crippen molar-refractivity contribution in [3.8, 4) is 0 Å². The Hall–Kier alpha value is -1.88. The molecule has 0 radical (unpaired) electrons. The molecule has 21 heavy (non-hydrogen) atoms. The van der Waals surface area contributed by atoms with Gasteiger partial charge in [-0.05, 0) is 38.5 Å². The average molecular weight is 308 g/mol. The molecule has 112 valence electrons. The third-order valence-electron chi connectivity index (χ3n) is 3.07. The average Bonchev–Trinajstić information content (AvgIpc) is 2.45. The number of nitrogens with one attached hydrogen (secondary N) is 1. The van der Waals surface area contributed by atoms with Crippen LogP contribution in [-0.2, 0) is 9.53 Å². The Morgan fingerprint density at radius 3 is 3.00 bits per heavy atom. The highest BCUT2D eigenvalue weighted by Gasteiger charge is 2.10. The van der Waals surface area contributed by atoms with Crippen LogP contribution in [0.3, 0.4) is 0 Å². The fourth-order valence-corrected chi connectivity index (χ4v) is 2.18. The Kier molecular flexibility index (Phi) is 5.33. The molecule has 1 aromatic heterocycles. The Balaban J connectivity index is 2.04. The zero-order valence-corrected chi connectivity index (χ0v) is 12.9. The fourth-order valence-electron chi connectivity index (χ4n) is 2.02. The minimum absolute atomic E-state index is 0.100. The van der Waals surface area contributed by atoms with E-state index in [0.717, 1.165) is 16.7 Å². The summed E-state index contributed by atoms with van der Waals surface area (Å²) in [5, 5.41) is 4.85. The van der Waals surface area contributed by atoms with E-state index in [0.29, 0.717) is 24.5 Å². The Morgan fingerprint density at radius 1 is 1.43 bits per heavy atom. The van der Waals surface area contributed by atoms with Crippen LogP contribution in [0.1, 0.15) is 26.7 Å². The first kappa shape index (κ1) is 15.5. The monoisotopic (exact) mass is 307 g/mol. The molecule has 2 rings (SSSR count). The van der Waals surface area contributed by atoms with Gasteiger partial charge in [0, 0.05) is 22.9 Å². The molecule has 0 spiro atoms. The lowest BCUT2D eigenvalue weighted by Gasteiger charge is -2.15. The molecule has 0 aliphatic rings. The molecule has 1 N–H and O–H groups in total. The van der Waals surface area contributed by atoms with Crippen LogP contribution < -0.4 is 5.32 Å². The van der Waals surface area contributed by atoms with Crippen LogP contribution >= 0.6 is 11.6 Å². The van der Waals surface area contributed by atoms with E-state index in [9.17, 15) is 4.79 Å². The smallest absolute Gasteiger partial charge is 0.305 e. The summed E-state index contributed by atoms with van der Waals surface area (Å²) < 4.78 is 4.92. The normalized spacial score (nSPS) is 12.1. The van der Waals surface area contributed by atoms with Crippen LogP contribution in [0.5, 0.6) is 0 Å². The molecule has 0 bridgehead atoms. The van der Waals surface area contributed by atoms with Crippen molar-refractivity contribution in [2.75, 3.05) is 11.9 Å². The van der Waals surface area contributed by atoms with Crippen molar-refractivity contribution >= 4 is 34.3 Å². The third kappa shape index (κ3) is 4.29. The number of ether oxygens (including phenoxy) is 1. The van der Waals surface area contributed by atoms with Crippen LogP contribution in [0.4, 0.5) is 5.82 Å². The van der Waals surface area contributed by atoms with Crippen LogP contribution in [0.2, 0.25) is 5.02 Å². The number of halogens is 1. The van der Waals surface area contributed by atoms with E-state index in [4.69, 9.17) is 16.3 Å². The van der Waals surface area contributed by atoms with Gasteiger partial charge in [-0.3, -0.25) is 4.79 Å². The third-order valence-corrected chi connectivity index (χ3v) is 3.30. The standard InChI is InChI=1S/C15H18ClN3O2/c1-3-21-14(20)7-4-10(2)19-15-12-6-5-11(16)8-13(12)17-9-18-15/h5-6,8-10H,3-4,7H2,1-2H3,(H,17,18,19). The molecular weight excluding hydrogens is 290 g/mol. The number of carbonyl (C=O) groups excluding carboxylic acids is 1. The van der Waals surface area contributed by atoms with Gasteiger partial charge in [0.1, 0.15) is 12.1 Å². The predicted molar refractivity (Wildman–Crippen MR) is 83.5 cm³/mol. The van der Waals surface area contributed by atoms with Crippen molar-refractivity contribution in [1.29, 1.82) is 0 Å². The second-order valence-corrected chi connectivity index (χ2v) is 5.21. The topological polar surface area (TPSA) is 64.1 Å². The molecular formula is C15H18ClN3O2. The zero-order valence-electron chi connectivity index (χ0n) is 12.1. The first-order valence-corrected chi connectivity index (χ1v) is 7.30. The van der Waals surface area contributed by atoms with Crippen LogP contribution in [0.15, 0.2) is 24.5 Å². The van der Waals surface area contributed by atoms with E-state index in [1.807, 2.05) is 19.1 Å². The first-order chi connectivity index (χ1) is 10.1. The van der Waals surface area contributed by atoms with Crippen molar-refractivity contribution < 1.29 is 9.53 Å². The maximum Gasteiger partial charge on any atom is 0.305 e. The van der Waals surface area contributed by atoms with Crippen LogP contribution in [0, 0.1) is 0 Å². The van der Waals surface area contributed by atoms with Crippen LogP contribution in [0.25, 0.3) is 10.9 Å². The number of aromatic nitrogens is 2. The minimum atomic E-state index is -0.175. The van der Waals surface area contributed by atoms with Gasteiger partial charge in [-0.2, -0.15) is 0 Å². The van der Waals surface area contributed by atoms with Gasteiger partial charge >= 0.3 is 5.97 Å². The molecule has 1 unspecified atom stereocenters. The number of esters is 1. The predicted octanol–water partition coefficient (Wildman–Crippen LogP) is 3.43. The number of fused-ring (bicyclic) bond motifs is 1. The molecule has 0 amide bonds. The molecule has 0 aliphatic heterocycles. The summed E-state index contributed by atoms with van der Waals surface area (Å²) in [6.07, 6.45) is 2.56. The SMILES string of the molecule is CCOC(=O)CCC(C)Nc1ncnc2cc(Cl)ccc12. The van der Waals surface area contributed by atoms with Gasteiger partial charge in [-0.1, -0.05) is 11.6 Å². The summed E-state index contributed by atoms with van der Waals surface area (Å²) in [6.45, 7) is 4.22. The summed E-state index contributed by atoms with van der Waals surface area (Å²) >= 11 is 5.96. The van der Waals surface area contributed by atoms with Gasteiger partial charge < -0.3 is 10.1 Å². The number of nitrogens with zero attached hydrogens (tertiary/aromatic N) is 2. The summed E-state index contributed by atoms with van der Waals surface area (Å²) in [7, 11) is 0. The number of benzene rings is 1. The second kappa shape index (κ2) is 7.22. The molecule has 0 saturated carbocycles. The Bertz CT molecular complexity index is 633. The lowest BCUT2D eigenvalue weighted by molar-refractivity contribution is -0.143.